The van der Waals surface area contributed by atoms with E-state index in [1.807, 2.05) is 0 Å². The lowest BCUT2D eigenvalue weighted by atomic mass is 10.1. The van der Waals surface area contributed by atoms with E-state index >= 15 is 0 Å². The first-order valence-electron chi connectivity index (χ1n) is 5.98. The topological polar surface area (TPSA) is 78.5 Å². The van der Waals surface area contributed by atoms with Gasteiger partial charge >= 0.3 is 6.03 Å². The van der Waals surface area contributed by atoms with Crippen molar-refractivity contribution in [2.45, 2.75) is 13.3 Å². The number of carbonyl (C=O) groups excluding carboxylic acids is 3. The highest BCUT2D eigenvalue weighted by molar-refractivity contribution is 6.20. The zero-order chi connectivity index (χ0) is 14.0. The van der Waals surface area contributed by atoms with Crippen LogP contribution in [0.25, 0.3) is 0 Å². The molecule has 1 fully saturated rings. The Hall–Kier alpha value is -2.37. The van der Waals surface area contributed by atoms with Crippen molar-refractivity contribution in [3.8, 4) is 0 Å². The zero-order valence-electron chi connectivity index (χ0n) is 10.8. The third-order valence-corrected chi connectivity index (χ3v) is 2.98. The minimum absolute atomic E-state index is 0.183. The van der Waals surface area contributed by atoms with Crippen molar-refractivity contribution in [3.05, 3.63) is 24.3 Å². The molecule has 4 amide bonds. The Balaban J connectivity index is 2.17. The van der Waals surface area contributed by atoms with Crippen LogP contribution in [0.4, 0.5) is 16.2 Å². The summed E-state index contributed by atoms with van der Waals surface area (Å²) in [6.45, 7) is 1.74. The van der Waals surface area contributed by atoms with Crippen molar-refractivity contribution in [3.63, 3.8) is 0 Å². The largest absolute Gasteiger partial charge is 0.341 e. The summed E-state index contributed by atoms with van der Waals surface area (Å²) in [5, 5.41) is 5.04. The number of nitrogens with zero attached hydrogens (tertiary/aromatic N) is 1. The van der Waals surface area contributed by atoms with Crippen LogP contribution in [0.5, 0.6) is 0 Å². The normalized spacial score (nSPS) is 18.6. The number of nitrogens with one attached hydrogen (secondary N) is 2. The third kappa shape index (κ3) is 2.57. The molecule has 2 rings (SSSR count). The van der Waals surface area contributed by atoms with Crippen molar-refractivity contribution in [1.29, 1.82) is 0 Å². The molecule has 0 radical (unpaired) electrons. The summed E-state index contributed by atoms with van der Waals surface area (Å²) < 4.78 is 0. The van der Waals surface area contributed by atoms with Crippen LogP contribution < -0.4 is 15.5 Å². The van der Waals surface area contributed by atoms with Crippen LogP contribution in [0.3, 0.4) is 0 Å². The molecule has 100 valence electrons. The van der Waals surface area contributed by atoms with Crippen LogP contribution >= 0.6 is 0 Å². The molecule has 1 heterocycles. The van der Waals surface area contributed by atoms with Gasteiger partial charge in [-0.15, -0.1) is 0 Å². The van der Waals surface area contributed by atoms with E-state index in [1.165, 1.54) is 11.9 Å². The number of hydrogen-bond acceptors (Lipinski definition) is 3. The summed E-state index contributed by atoms with van der Waals surface area (Å²) in [5.74, 6) is -0.641. The third-order valence-electron chi connectivity index (χ3n) is 2.98. The molecule has 0 bridgehead atoms. The molecule has 19 heavy (non-hydrogen) atoms. The number of benzene rings is 1. The van der Waals surface area contributed by atoms with E-state index in [0.29, 0.717) is 11.4 Å². The molecule has 1 aliphatic heterocycles. The van der Waals surface area contributed by atoms with Crippen LogP contribution in [-0.4, -0.2) is 24.9 Å². The summed E-state index contributed by atoms with van der Waals surface area (Å²) in [4.78, 5) is 35.9. The molecule has 1 saturated heterocycles. The van der Waals surface area contributed by atoms with Gasteiger partial charge in [-0.25, -0.2) is 4.79 Å². The van der Waals surface area contributed by atoms with Crippen molar-refractivity contribution in [2.75, 3.05) is 17.3 Å². The number of hydrogen-bond donors (Lipinski definition) is 2. The Morgan fingerprint density at radius 3 is 2.37 bits per heavy atom. The highest BCUT2D eigenvalue weighted by Crippen LogP contribution is 2.27. The van der Waals surface area contributed by atoms with Crippen LogP contribution in [0.2, 0.25) is 0 Å². The minimum atomic E-state index is -0.324. The number of amides is 4. The number of anilines is 2. The lowest BCUT2D eigenvalue weighted by Crippen LogP contribution is -2.30. The standard InChI is InChI=1S/C13H15N3O3/c1-8-7-11(17)16(12(8)18)10-5-3-9(4-6-10)15-13(19)14-2/h3-6,8H,7H2,1-2H3,(H2,14,15,19). The van der Waals surface area contributed by atoms with E-state index in [-0.39, 0.29) is 30.2 Å². The van der Waals surface area contributed by atoms with E-state index in [0.717, 1.165) is 0 Å². The van der Waals surface area contributed by atoms with Crippen LogP contribution in [0.1, 0.15) is 13.3 Å². The summed E-state index contributed by atoms with van der Waals surface area (Å²) in [6.07, 6.45) is 0.247. The number of imide groups is 1. The molecule has 0 saturated carbocycles. The van der Waals surface area contributed by atoms with Crippen LogP contribution in [-0.2, 0) is 9.59 Å². The number of carbonyl (C=O) groups is 3. The van der Waals surface area contributed by atoms with E-state index in [9.17, 15) is 14.4 Å². The van der Waals surface area contributed by atoms with Gasteiger partial charge in [0.2, 0.25) is 11.8 Å². The molecule has 1 aromatic rings. The summed E-state index contributed by atoms with van der Waals surface area (Å²) >= 11 is 0. The molecule has 1 unspecified atom stereocenters. The summed E-state index contributed by atoms with van der Waals surface area (Å²) in [6, 6.07) is 6.25. The fraction of sp³-hybridized carbons (Fsp3) is 0.308. The van der Waals surface area contributed by atoms with Crippen LogP contribution in [0, 0.1) is 5.92 Å². The lowest BCUT2D eigenvalue weighted by molar-refractivity contribution is -0.122. The highest BCUT2D eigenvalue weighted by atomic mass is 16.2. The van der Waals surface area contributed by atoms with Crippen LogP contribution in [0.15, 0.2) is 24.3 Å². The van der Waals surface area contributed by atoms with E-state index in [4.69, 9.17) is 0 Å². The molecule has 0 aliphatic carbocycles. The fourth-order valence-electron chi connectivity index (χ4n) is 1.94. The smallest absolute Gasteiger partial charge is 0.318 e. The fourth-order valence-corrected chi connectivity index (χ4v) is 1.94. The first-order chi connectivity index (χ1) is 9.02. The maximum absolute atomic E-state index is 11.9. The molecule has 0 aromatic heterocycles. The van der Waals surface area contributed by atoms with E-state index in [2.05, 4.69) is 10.6 Å². The van der Waals surface area contributed by atoms with Gasteiger partial charge in [-0.05, 0) is 24.3 Å². The van der Waals surface area contributed by atoms with Gasteiger partial charge in [0.15, 0.2) is 0 Å². The van der Waals surface area contributed by atoms with Gasteiger partial charge in [0.05, 0.1) is 5.69 Å². The first-order valence-corrected chi connectivity index (χ1v) is 5.98. The second-order valence-electron chi connectivity index (χ2n) is 4.42. The Labute approximate surface area is 110 Å². The van der Waals surface area contributed by atoms with Gasteiger partial charge in [-0.3, -0.25) is 14.5 Å². The monoisotopic (exact) mass is 261 g/mol. The Bertz CT molecular complexity index is 524. The van der Waals surface area contributed by atoms with Gasteiger partial charge in [0.1, 0.15) is 0 Å². The van der Waals surface area contributed by atoms with Gasteiger partial charge < -0.3 is 10.6 Å². The second kappa shape index (κ2) is 5.09. The first kappa shape index (κ1) is 13.1. The Kier molecular flexibility index (Phi) is 3.50. The van der Waals surface area contributed by atoms with Gasteiger partial charge in [-0.1, -0.05) is 6.92 Å². The molecular formula is C13H15N3O3. The number of rotatable bonds is 2. The van der Waals surface area contributed by atoms with Crippen molar-refractivity contribution in [2.24, 2.45) is 5.92 Å². The molecule has 2 N–H and O–H groups in total. The zero-order valence-corrected chi connectivity index (χ0v) is 10.8. The van der Waals surface area contributed by atoms with Crippen molar-refractivity contribution < 1.29 is 14.4 Å². The average molecular weight is 261 g/mol. The quantitative estimate of drug-likeness (QED) is 0.788. The molecule has 1 aromatic carbocycles. The van der Waals surface area contributed by atoms with Gasteiger partial charge in [0.25, 0.3) is 0 Å². The molecule has 6 nitrogen and oxygen atoms in total. The lowest BCUT2D eigenvalue weighted by Gasteiger charge is -2.15. The van der Waals surface area contributed by atoms with E-state index in [1.54, 1.807) is 31.2 Å². The van der Waals surface area contributed by atoms with Gasteiger partial charge in [-0.2, -0.15) is 0 Å². The summed E-state index contributed by atoms with van der Waals surface area (Å²) in [5.41, 5.74) is 1.12. The minimum Gasteiger partial charge on any atom is -0.341 e. The summed E-state index contributed by atoms with van der Waals surface area (Å²) in [7, 11) is 1.52. The molecule has 0 spiro atoms. The second-order valence-corrected chi connectivity index (χ2v) is 4.42. The molecule has 1 aliphatic rings. The van der Waals surface area contributed by atoms with E-state index < -0.39 is 0 Å². The maximum Gasteiger partial charge on any atom is 0.318 e. The number of urea groups is 1. The molecule has 6 heteroatoms. The predicted molar refractivity (Wildman–Crippen MR) is 70.8 cm³/mol. The molecule has 1 atom stereocenters. The highest BCUT2D eigenvalue weighted by Gasteiger charge is 2.36. The van der Waals surface area contributed by atoms with Crippen molar-refractivity contribution >= 4 is 29.2 Å². The average Bonchev–Trinajstić information content (AvgIpc) is 2.64. The maximum atomic E-state index is 11.9. The predicted octanol–water partition coefficient (Wildman–Crippen LogP) is 1.34. The Morgan fingerprint density at radius 1 is 1.26 bits per heavy atom. The van der Waals surface area contributed by atoms with Gasteiger partial charge in [0, 0.05) is 25.1 Å². The van der Waals surface area contributed by atoms with Crippen molar-refractivity contribution in [1.82, 2.24) is 5.32 Å². The molecular weight excluding hydrogens is 246 g/mol. The Morgan fingerprint density at radius 2 is 1.89 bits per heavy atom. The SMILES string of the molecule is CNC(=O)Nc1ccc(N2C(=O)CC(C)C2=O)cc1.